The fourth-order valence-electron chi connectivity index (χ4n) is 7.30. The normalized spacial score (nSPS) is 12.4. The molecule has 6 heteroatoms. The van der Waals surface area contributed by atoms with Gasteiger partial charge in [0.2, 0.25) is 0 Å². The molecule has 6 aromatic heterocycles. The number of furan rings is 1. The monoisotopic (exact) mass is 575 g/mol. The standard InChI is InChI=1S/C39H21N5O/c1-3-16-31-23(10-1)26-18-19-30-27-14-6-12-24-25-13-7-15-29(35(25)41-34(24)27)38-42-33(21-8-5-9-22(20-21)44(31)39(26)40-30)37-36(43-38)28-11-2-4-17-32(28)45-37/h1-20,41H. The van der Waals surface area contributed by atoms with Crippen LogP contribution in [0, 0.1) is 0 Å². The Morgan fingerprint density at radius 1 is 0.533 bits per heavy atom. The van der Waals surface area contributed by atoms with Crippen LogP contribution >= 0.6 is 0 Å². The largest absolute Gasteiger partial charge is 0.452 e. The fraction of sp³-hybridized carbons (Fsp3) is 0. The fourth-order valence-corrected chi connectivity index (χ4v) is 7.30. The maximum Gasteiger partial charge on any atom is 0.180 e. The van der Waals surface area contributed by atoms with Gasteiger partial charge in [-0.1, -0.05) is 72.8 Å². The SMILES string of the molecule is c1ccc2c(c1)oc1c3nc(nc21)c1cccc2c4cccc(c5ccc6c7ccccc7n(c7cccc3c7)c6n5)c4[nH]c12. The lowest BCUT2D eigenvalue weighted by Gasteiger charge is -2.03. The molecule has 0 saturated carbocycles. The summed E-state index contributed by atoms with van der Waals surface area (Å²) < 4.78 is 8.75. The van der Waals surface area contributed by atoms with Gasteiger partial charge in [-0.25, -0.2) is 15.0 Å². The van der Waals surface area contributed by atoms with E-state index in [0.717, 1.165) is 92.9 Å². The Kier molecular flexibility index (Phi) is 4.24. The zero-order valence-corrected chi connectivity index (χ0v) is 23.7. The van der Waals surface area contributed by atoms with Crippen molar-refractivity contribution in [3.8, 4) is 0 Å². The molecule has 45 heavy (non-hydrogen) atoms. The maximum absolute atomic E-state index is 6.49. The van der Waals surface area contributed by atoms with Crippen molar-refractivity contribution >= 4 is 104 Å². The van der Waals surface area contributed by atoms with Crippen LogP contribution < -0.4 is 0 Å². The molecule has 0 spiro atoms. The van der Waals surface area contributed by atoms with Crippen molar-refractivity contribution in [1.82, 2.24) is 24.3 Å². The zero-order valence-electron chi connectivity index (χ0n) is 23.7. The molecule has 0 saturated heterocycles. The predicted molar refractivity (Wildman–Crippen MR) is 184 cm³/mol. The van der Waals surface area contributed by atoms with Gasteiger partial charge in [0.25, 0.3) is 0 Å². The van der Waals surface area contributed by atoms with Gasteiger partial charge in [-0.3, -0.25) is 4.40 Å². The first-order valence-corrected chi connectivity index (χ1v) is 15.0. The van der Waals surface area contributed by atoms with E-state index in [4.69, 9.17) is 19.4 Å². The van der Waals surface area contributed by atoms with E-state index >= 15 is 0 Å². The topological polar surface area (TPSA) is 72.0 Å². The summed E-state index contributed by atoms with van der Waals surface area (Å²) in [5.74, 6) is 0. The lowest BCUT2D eigenvalue weighted by Crippen LogP contribution is -1.89. The van der Waals surface area contributed by atoms with E-state index in [1.54, 1.807) is 0 Å². The molecule has 0 fully saturated rings. The van der Waals surface area contributed by atoms with Gasteiger partial charge >= 0.3 is 0 Å². The zero-order chi connectivity index (χ0) is 29.2. The lowest BCUT2D eigenvalue weighted by atomic mass is 10.1. The van der Waals surface area contributed by atoms with E-state index < -0.39 is 0 Å². The first-order chi connectivity index (χ1) is 22.3. The van der Waals surface area contributed by atoms with Crippen molar-refractivity contribution in [2.75, 3.05) is 0 Å². The summed E-state index contributed by atoms with van der Waals surface area (Å²) in [7, 11) is 0. The third-order valence-corrected chi connectivity index (χ3v) is 9.31. The van der Waals surface area contributed by atoms with Crippen molar-refractivity contribution in [3.63, 3.8) is 0 Å². The number of hydrogen-bond donors (Lipinski definition) is 1. The van der Waals surface area contributed by atoms with Crippen LogP contribution in [0.4, 0.5) is 0 Å². The van der Waals surface area contributed by atoms with Gasteiger partial charge in [0.05, 0.1) is 22.1 Å². The number of pyridine rings is 1. The molecule has 5 aromatic carbocycles. The molecule has 6 nitrogen and oxygen atoms in total. The number of nitrogens with one attached hydrogen (secondary N) is 1. The highest BCUT2D eigenvalue weighted by atomic mass is 16.3. The minimum atomic E-state index is 0.649. The second-order valence-corrected chi connectivity index (χ2v) is 11.7. The molecule has 0 atom stereocenters. The number of benzene rings is 5. The number of H-pyrrole nitrogens is 1. The number of nitrogens with zero attached hydrogens (tertiary/aromatic N) is 4. The van der Waals surface area contributed by atoms with Gasteiger partial charge < -0.3 is 9.40 Å². The second kappa shape index (κ2) is 8.21. The minimum Gasteiger partial charge on any atom is -0.452 e. The maximum atomic E-state index is 6.49. The molecule has 0 amide bonds. The van der Waals surface area contributed by atoms with Crippen LogP contribution in [0.15, 0.2) is 126 Å². The Morgan fingerprint density at radius 3 is 2.16 bits per heavy atom. The summed E-state index contributed by atoms with van der Waals surface area (Å²) in [6.45, 7) is 0. The molecular weight excluding hydrogens is 554 g/mol. The second-order valence-electron chi connectivity index (χ2n) is 11.7. The molecule has 0 aliphatic carbocycles. The first-order valence-electron chi connectivity index (χ1n) is 15.0. The van der Waals surface area contributed by atoms with E-state index in [-0.39, 0.29) is 0 Å². The summed E-state index contributed by atoms with van der Waals surface area (Å²) in [6, 6.07) is 42.2. The quantitative estimate of drug-likeness (QED) is 0.195. The van der Waals surface area contributed by atoms with Gasteiger partial charge in [-0.05, 0) is 48.5 Å². The number of aromatic nitrogens is 5. The summed E-state index contributed by atoms with van der Waals surface area (Å²) in [6.07, 6.45) is 0. The Morgan fingerprint density at radius 2 is 1.24 bits per heavy atom. The highest BCUT2D eigenvalue weighted by Crippen LogP contribution is 2.37. The van der Waals surface area contributed by atoms with Crippen molar-refractivity contribution in [1.29, 1.82) is 0 Å². The smallest absolute Gasteiger partial charge is 0.180 e. The van der Waals surface area contributed by atoms with Crippen molar-refractivity contribution in [3.05, 3.63) is 121 Å². The third kappa shape index (κ3) is 3.00. The van der Waals surface area contributed by atoms with Crippen LogP contribution in [-0.4, -0.2) is 24.3 Å². The molecule has 0 unspecified atom stereocenters. The number of aromatic amines is 1. The van der Waals surface area contributed by atoms with Gasteiger partial charge in [0.15, 0.2) is 11.2 Å². The highest BCUT2D eigenvalue weighted by Gasteiger charge is 2.17. The van der Waals surface area contributed by atoms with Gasteiger partial charge in [-0.15, -0.1) is 0 Å². The Bertz CT molecular complexity index is 3110. The summed E-state index contributed by atoms with van der Waals surface area (Å²) in [5.41, 5.74) is 9.64. The van der Waals surface area contributed by atoms with Crippen LogP contribution in [0.3, 0.4) is 0 Å². The number of para-hydroxylation sites is 4. The van der Waals surface area contributed by atoms with E-state index in [0.29, 0.717) is 11.2 Å². The van der Waals surface area contributed by atoms with Crippen molar-refractivity contribution in [2.45, 2.75) is 0 Å². The molecule has 208 valence electrons. The Balaban J connectivity index is 1.51. The van der Waals surface area contributed by atoms with E-state index in [1.165, 1.54) is 0 Å². The van der Waals surface area contributed by atoms with Crippen molar-refractivity contribution < 1.29 is 4.42 Å². The Labute approximate surface area is 253 Å². The molecule has 6 heterocycles. The van der Waals surface area contributed by atoms with Gasteiger partial charge in [0.1, 0.15) is 22.3 Å². The van der Waals surface area contributed by atoms with Crippen LogP contribution in [-0.2, 0) is 0 Å². The first kappa shape index (κ1) is 23.2. The minimum absolute atomic E-state index is 0.649. The molecule has 11 aromatic rings. The molecule has 0 aliphatic rings. The molecule has 0 aliphatic heterocycles. The van der Waals surface area contributed by atoms with Crippen LogP contribution in [0.1, 0.15) is 0 Å². The van der Waals surface area contributed by atoms with E-state index in [1.807, 2.05) is 18.2 Å². The molecule has 0 radical (unpaired) electrons. The van der Waals surface area contributed by atoms with Crippen molar-refractivity contribution in [2.24, 2.45) is 0 Å². The molecular formula is C39H21N5O. The van der Waals surface area contributed by atoms with Gasteiger partial charge in [0, 0.05) is 48.6 Å². The number of rotatable bonds is 0. The van der Waals surface area contributed by atoms with Crippen LogP contribution in [0.25, 0.3) is 104 Å². The van der Waals surface area contributed by atoms with Gasteiger partial charge in [-0.2, -0.15) is 0 Å². The average molecular weight is 576 g/mol. The van der Waals surface area contributed by atoms with Crippen LogP contribution in [0.5, 0.6) is 0 Å². The summed E-state index contributed by atoms with van der Waals surface area (Å²) in [5, 5.41) is 8.44. The highest BCUT2D eigenvalue weighted by molar-refractivity contribution is 6.21. The third-order valence-electron chi connectivity index (χ3n) is 9.31. The molecule has 11 rings (SSSR count). The van der Waals surface area contributed by atoms with E-state index in [9.17, 15) is 0 Å². The molecule has 1 N–H and O–H groups in total. The number of hydrogen-bond acceptors (Lipinski definition) is 4. The average Bonchev–Trinajstić information content (AvgIpc) is 3.77. The van der Waals surface area contributed by atoms with E-state index in [2.05, 4.69) is 113 Å². The Hall–Kier alpha value is -6.27. The predicted octanol–water partition coefficient (Wildman–Crippen LogP) is 9.99. The molecule has 8 bridgehead atoms. The summed E-state index contributed by atoms with van der Waals surface area (Å²) >= 11 is 0. The lowest BCUT2D eigenvalue weighted by molar-refractivity contribution is 0.671. The van der Waals surface area contributed by atoms with Crippen LogP contribution in [0.2, 0.25) is 0 Å². The number of fused-ring (bicyclic) bond motifs is 17. The summed E-state index contributed by atoms with van der Waals surface area (Å²) in [4.78, 5) is 19.6.